The summed E-state index contributed by atoms with van der Waals surface area (Å²) >= 11 is 0. The standard InChI is InChI=1S/C29H22BN2O/c1-29(2)23-13-8-12-22(26(23)20-16-15-19(30-33)17-24(20)29)27-21-11-6-7-14-25(21)31-28(32-27)18-9-4-3-5-10-18/h3-17,33H,1-2H3. The van der Waals surface area contributed by atoms with Gasteiger partial charge in [-0.05, 0) is 28.3 Å². The van der Waals surface area contributed by atoms with Gasteiger partial charge in [0.1, 0.15) is 0 Å². The van der Waals surface area contributed by atoms with Crippen molar-refractivity contribution in [3.05, 3.63) is 102 Å². The van der Waals surface area contributed by atoms with Gasteiger partial charge in [0.2, 0.25) is 0 Å². The average molecular weight is 425 g/mol. The monoisotopic (exact) mass is 425 g/mol. The molecule has 1 heterocycles. The minimum absolute atomic E-state index is 0.176. The lowest BCUT2D eigenvalue weighted by molar-refractivity contribution is 0.615. The quantitative estimate of drug-likeness (QED) is 0.388. The molecule has 0 unspecified atom stereocenters. The molecule has 6 rings (SSSR count). The summed E-state index contributed by atoms with van der Waals surface area (Å²) in [4.78, 5) is 9.99. The number of hydrogen-bond donors (Lipinski definition) is 1. The molecular formula is C29H22BN2O. The summed E-state index contributed by atoms with van der Waals surface area (Å²) < 4.78 is 0. The molecule has 0 aliphatic heterocycles. The van der Waals surface area contributed by atoms with E-state index in [1.807, 2.05) is 36.4 Å². The van der Waals surface area contributed by atoms with Gasteiger partial charge in [-0.2, -0.15) is 0 Å². The van der Waals surface area contributed by atoms with Crippen molar-refractivity contribution in [3.8, 4) is 33.8 Å². The van der Waals surface area contributed by atoms with E-state index in [2.05, 4.69) is 68.4 Å². The SMILES string of the molecule is CC1(C)c2cc([B]O)ccc2-c2c(-c3nc(-c4ccccc4)nc4ccccc34)cccc21. The molecule has 3 nitrogen and oxygen atoms in total. The summed E-state index contributed by atoms with van der Waals surface area (Å²) in [5.41, 5.74) is 9.52. The van der Waals surface area contributed by atoms with E-state index < -0.39 is 0 Å². The van der Waals surface area contributed by atoms with Crippen LogP contribution in [0.25, 0.3) is 44.7 Å². The van der Waals surface area contributed by atoms with Gasteiger partial charge in [0.15, 0.2) is 5.82 Å². The van der Waals surface area contributed by atoms with E-state index in [0.717, 1.165) is 39.0 Å². The second-order valence-corrected chi connectivity index (χ2v) is 9.07. The highest BCUT2D eigenvalue weighted by Gasteiger charge is 2.37. The van der Waals surface area contributed by atoms with E-state index in [4.69, 9.17) is 9.97 Å². The Hall–Kier alpha value is -3.76. The van der Waals surface area contributed by atoms with Crippen molar-refractivity contribution in [2.24, 2.45) is 0 Å². The molecule has 0 saturated heterocycles. The topological polar surface area (TPSA) is 46.0 Å². The van der Waals surface area contributed by atoms with Crippen molar-refractivity contribution >= 4 is 23.8 Å². The summed E-state index contributed by atoms with van der Waals surface area (Å²) in [5.74, 6) is 0.726. The predicted octanol–water partition coefficient (Wildman–Crippen LogP) is 5.51. The number of hydrogen-bond acceptors (Lipinski definition) is 3. The largest absolute Gasteiger partial charge is 0.450 e. The zero-order valence-corrected chi connectivity index (χ0v) is 18.6. The molecule has 1 radical (unpaired) electrons. The Morgan fingerprint density at radius 3 is 2.33 bits per heavy atom. The summed E-state index contributed by atoms with van der Waals surface area (Å²) in [5, 5.41) is 10.6. The van der Waals surface area contributed by atoms with Crippen LogP contribution in [-0.4, -0.2) is 22.5 Å². The second-order valence-electron chi connectivity index (χ2n) is 9.07. The molecule has 1 aliphatic carbocycles. The maximum atomic E-state index is 9.60. The molecule has 1 aliphatic rings. The third-order valence-electron chi connectivity index (χ3n) is 6.76. The Kier molecular flexibility index (Phi) is 4.46. The van der Waals surface area contributed by atoms with Gasteiger partial charge in [0.05, 0.1) is 11.2 Å². The summed E-state index contributed by atoms with van der Waals surface area (Å²) in [6, 6.07) is 31.0. The smallest absolute Gasteiger partial charge is 0.326 e. The number of benzene rings is 4. The van der Waals surface area contributed by atoms with Gasteiger partial charge in [-0.15, -0.1) is 0 Å². The second kappa shape index (κ2) is 7.40. The fourth-order valence-electron chi connectivity index (χ4n) is 5.08. The number of rotatable bonds is 3. The van der Waals surface area contributed by atoms with Crippen LogP contribution >= 0.6 is 0 Å². The Bertz CT molecular complexity index is 1530. The third kappa shape index (κ3) is 3.02. The lowest BCUT2D eigenvalue weighted by Crippen LogP contribution is -2.20. The molecule has 0 fully saturated rings. The van der Waals surface area contributed by atoms with Crippen LogP contribution in [0, 0.1) is 0 Å². The van der Waals surface area contributed by atoms with Crippen LogP contribution < -0.4 is 5.46 Å². The Labute approximate surface area is 194 Å². The van der Waals surface area contributed by atoms with Gasteiger partial charge < -0.3 is 5.02 Å². The molecule has 4 aromatic carbocycles. The summed E-state index contributed by atoms with van der Waals surface area (Å²) in [6.45, 7) is 4.49. The molecule has 0 bridgehead atoms. The van der Waals surface area contributed by atoms with Crippen LogP contribution in [0.2, 0.25) is 0 Å². The highest BCUT2D eigenvalue weighted by Crippen LogP contribution is 2.52. The molecule has 0 spiro atoms. The van der Waals surface area contributed by atoms with Crippen molar-refractivity contribution in [1.29, 1.82) is 0 Å². The molecule has 0 atom stereocenters. The van der Waals surface area contributed by atoms with E-state index in [9.17, 15) is 5.02 Å². The fraction of sp³-hybridized carbons (Fsp3) is 0.103. The van der Waals surface area contributed by atoms with Gasteiger partial charge in [-0.1, -0.05) is 104 Å². The van der Waals surface area contributed by atoms with Gasteiger partial charge in [-0.25, -0.2) is 9.97 Å². The first-order valence-corrected chi connectivity index (χ1v) is 11.2. The summed E-state index contributed by atoms with van der Waals surface area (Å²) in [7, 11) is 1.17. The van der Waals surface area contributed by atoms with Crippen molar-refractivity contribution in [1.82, 2.24) is 9.97 Å². The zero-order valence-electron chi connectivity index (χ0n) is 18.6. The maximum Gasteiger partial charge on any atom is 0.326 e. The van der Waals surface area contributed by atoms with Gasteiger partial charge in [0, 0.05) is 21.9 Å². The zero-order chi connectivity index (χ0) is 22.6. The molecule has 0 amide bonds. The molecule has 0 saturated carbocycles. The van der Waals surface area contributed by atoms with Crippen LogP contribution in [0.1, 0.15) is 25.0 Å². The van der Waals surface area contributed by atoms with E-state index in [-0.39, 0.29) is 5.41 Å². The number of para-hydroxylation sites is 1. The third-order valence-corrected chi connectivity index (χ3v) is 6.76. The van der Waals surface area contributed by atoms with E-state index in [1.165, 1.54) is 29.7 Å². The normalized spacial score (nSPS) is 13.5. The van der Waals surface area contributed by atoms with E-state index in [0.29, 0.717) is 0 Å². The average Bonchev–Trinajstić information content (AvgIpc) is 3.10. The lowest BCUT2D eigenvalue weighted by Gasteiger charge is -2.22. The fourth-order valence-corrected chi connectivity index (χ4v) is 5.08. The highest BCUT2D eigenvalue weighted by atomic mass is 16.2. The number of aromatic nitrogens is 2. The Balaban J connectivity index is 1.68. The molecule has 5 aromatic rings. The summed E-state index contributed by atoms with van der Waals surface area (Å²) in [6.07, 6.45) is 0. The minimum Gasteiger partial charge on any atom is -0.450 e. The van der Waals surface area contributed by atoms with Crippen LogP contribution in [-0.2, 0) is 5.41 Å². The first-order valence-electron chi connectivity index (χ1n) is 11.2. The van der Waals surface area contributed by atoms with E-state index >= 15 is 0 Å². The van der Waals surface area contributed by atoms with Crippen LogP contribution in [0.3, 0.4) is 0 Å². The van der Waals surface area contributed by atoms with Crippen molar-refractivity contribution in [2.75, 3.05) is 0 Å². The number of fused-ring (bicyclic) bond motifs is 4. The lowest BCUT2D eigenvalue weighted by atomic mass is 9.79. The number of nitrogens with zero attached hydrogens (tertiary/aromatic N) is 2. The molecular weight excluding hydrogens is 403 g/mol. The predicted molar refractivity (Wildman–Crippen MR) is 136 cm³/mol. The first kappa shape index (κ1) is 19.9. The van der Waals surface area contributed by atoms with E-state index in [1.54, 1.807) is 0 Å². The highest BCUT2D eigenvalue weighted by molar-refractivity contribution is 6.45. The van der Waals surface area contributed by atoms with Gasteiger partial charge in [-0.3, -0.25) is 0 Å². The molecule has 33 heavy (non-hydrogen) atoms. The van der Waals surface area contributed by atoms with Gasteiger partial charge >= 0.3 is 7.48 Å². The van der Waals surface area contributed by atoms with Gasteiger partial charge in [0.25, 0.3) is 0 Å². The molecule has 4 heteroatoms. The van der Waals surface area contributed by atoms with Crippen molar-refractivity contribution < 1.29 is 5.02 Å². The first-order chi connectivity index (χ1) is 16.1. The Morgan fingerprint density at radius 2 is 1.52 bits per heavy atom. The Morgan fingerprint density at radius 1 is 0.727 bits per heavy atom. The molecule has 157 valence electrons. The van der Waals surface area contributed by atoms with Crippen molar-refractivity contribution in [2.45, 2.75) is 19.3 Å². The molecule has 1 aromatic heterocycles. The van der Waals surface area contributed by atoms with Crippen LogP contribution in [0.4, 0.5) is 0 Å². The van der Waals surface area contributed by atoms with Crippen LogP contribution in [0.5, 0.6) is 0 Å². The maximum absolute atomic E-state index is 9.60. The van der Waals surface area contributed by atoms with Crippen molar-refractivity contribution in [3.63, 3.8) is 0 Å². The minimum atomic E-state index is -0.176. The molecule has 1 N–H and O–H groups in total. The van der Waals surface area contributed by atoms with Crippen LogP contribution in [0.15, 0.2) is 91.0 Å².